The first-order valence-corrected chi connectivity index (χ1v) is 7.73. The number of halogens is 2. The second-order valence-electron chi connectivity index (χ2n) is 5.65. The van der Waals surface area contributed by atoms with Crippen LogP contribution in [0.1, 0.15) is 11.1 Å². The summed E-state index contributed by atoms with van der Waals surface area (Å²) in [4.78, 5) is 4.15. The molecule has 0 amide bonds. The van der Waals surface area contributed by atoms with Crippen molar-refractivity contribution in [1.82, 2.24) is 4.98 Å². The summed E-state index contributed by atoms with van der Waals surface area (Å²) in [6, 6.07) is 11.3. The molecule has 25 heavy (non-hydrogen) atoms. The Morgan fingerprint density at radius 1 is 0.880 bits per heavy atom. The Labute approximate surface area is 144 Å². The highest BCUT2D eigenvalue weighted by Gasteiger charge is 2.08. The minimum Gasteiger partial charge on any atom is -0.493 e. The predicted octanol–water partition coefficient (Wildman–Crippen LogP) is 4.92. The lowest BCUT2D eigenvalue weighted by molar-refractivity contribution is 0.284. The molecule has 0 spiro atoms. The fraction of sp³-hybridized carbons (Fsp3) is 0.150. The third kappa shape index (κ3) is 3.94. The van der Waals surface area contributed by atoms with Gasteiger partial charge >= 0.3 is 0 Å². The fourth-order valence-electron chi connectivity index (χ4n) is 2.46. The number of ether oxygens (including phenoxy) is 2. The van der Waals surface area contributed by atoms with Gasteiger partial charge in [-0.3, -0.25) is 4.98 Å². The molecule has 0 saturated carbocycles. The van der Waals surface area contributed by atoms with E-state index in [0.717, 1.165) is 23.3 Å². The molecule has 5 heteroatoms. The molecule has 0 aliphatic heterocycles. The van der Waals surface area contributed by atoms with Gasteiger partial charge in [-0.25, -0.2) is 8.78 Å². The third-order valence-electron chi connectivity index (χ3n) is 3.76. The zero-order valence-electron chi connectivity index (χ0n) is 13.9. The van der Waals surface area contributed by atoms with E-state index in [0.29, 0.717) is 22.6 Å². The van der Waals surface area contributed by atoms with Crippen molar-refractivity contribution >= 4 is 0 Å². The van der Waals surface area contributed by atoms with Gasteiger partial charge in [0.15, 0.2) is 23.1 Å². The largest absolute Gasteiger partial charge is 0.493 e. The van der Waals surface area contributed by atoms with Gasteiger partial charge in [0, 0.05) is 23.5 Å². The van der Waals surface area contributed by atoms with Crippen LogP contribution in [0.25, 0.3) is 11.1 Å². The predicted molar refractivity (Wildman–Crippen MR) is 91.7 cm³/mol. The Bertz CT molecular complexity index is 897. The van der Waals surface area contributed by atoms with Crippen LogP contribution in [0, 0.1) is 18.6 Å². The van der Waals surface area contributed by atoms with Crippen LogP contribution in [-0.2, 0) is 6.61 Å². The molecule has 3 aromatic rings. The molecular formula is C20H17F2NO2. The van der Waals surface area contributed by atoms with Gasteiger partial charge in [-0.15, -0.1) is 0 Å². The second-order valence-corrected chi connectivity index (χ2v) is 5.65. The van der Waals surface area contributed by atoms with Crippen molar-refractivity contribution < 1.29 is 18.3 Å². The number of benzene rings is 2. The highest BCUT2D eigenvalue weighted by Crippen LogP contribution is 2.29. The maximum absolute atomic E-state index is 13.4. The van der Waals surface area contributed by atoms with Gasteiger partial charge in [-0.2, -0.15) is 0 Å². The average Bonchev–Trinajstić information content (AvgIpc) is 2.63. The Balaban J connectivity index is 1.79. The van der Waals surface area contributed by atoms with Gasteiger partial charge in [-0.05, 0) is 48.4 Å². The van der Waals surface area contributed by atoms with Crippen LogP contribution < -0.4 is 9.47 Å². The van der Waals surface area contributed by atoms with Crippen LogP contribution in [0.2, 0.25) is 0 Å². The molecule has 128 valence electrons. The van der Waals surface area contributed by atoms with E-state index in [2.05, 4.69) is 4.98 Å². The van der Waals surface area contributed by atoms with E-state index in [1.807, 2.05) is 31.2 Å². The molecule has 0 bridgehead atoms. The number of aryl methyl sites for hydroxylation is 1. The number of hydrogen-bond acceptors (Lipinski definition) is 3. The molecule has 0 fully saturated rings. The Kier molecular flexibility index (Phi) is 4.93. The summed E-state index contributed by atoms with van der Waals surface area (Å²) in [6.07, 6.45) is 3.27. The summed E-state index contributed by atoms with van der Waals surface area (Å²) in [5, 5.41) is 0. The summed E-state index contributed by atoms with van der Waals surface area (Å²) in [6.45, 7) is 2.26. The van der Waals surface area contributed by atoms with Crippen molar-refractivity contribution in [3.05, 3.63) is 77.6 Å². The minimum absolute atomic E-state index is 0.282. The molecule has 3 nitrogen and oxygen atoms in total. The van der Waals surface area contributed by atoms with Gasteiger partial charge < -0.3 is 9.47 Å². The van der Waals surface area contributed by atoms with Crippen molar-refractivity contribution in [1.29, 1.82) is 0 Å². The van der Waals surface area contributed by atoms with Crippen LogP contribution in [0.4, 0.5) is 8.78 Å². The first-order valence-electron chi connectivity index (χ1n) is 7.73. The monoisotopic (exact) mass is 341 g/mol. The molecule has 1 heterocycles. The van der Waals surface area contributed by atoms with Gasteiger partial charge in [0.05, 0.1) is 7.11 Å². The van der Waals surface area contributed by atoms with Gasteiger partial charge in [0.25, 0.3) is 0 Å². The van der Waals surface area contributed by atoms with E-state index in [-0.39, 0.29) is 6.61 Å². The molecule has 0 aliphatic rings. The molecular weight excluding hydrogens is 324 g/mol. The summed E-state index contributed by atoms with van der Waals surface area (Å²) in [5.41, 5.74) is 3.13. The van der Waals surface area contributed by atoms with Crippen molar-refractivity contribution in [2.45, 2.75) is 13.5 Å². The number of methoxy groups -OCH3 is 1. The maximum Gasteiger partial charge on any atom is 0.161 e. The van der Waals surface area contributed by atoms with Crippen LogP contribution in [0.3, 0.4) is 0 Å². The van der Waals surface area contributed by atoms with Gasteiger partial charge in [0.2, 0.25) is 0 Å². The van der Waals surface area contributed by atoms with E-state index in [1.54, 1.807) is 19.5 Å². The molecule has 1 aromatic heterocycles. The molecule has 3 rings (SSSR count). The first-order chi connectivity index (χ1) is 12.1. The number of nitrogens with zero attached hydrogens (tertiary/aromatic N) is 1. The summed E-state index contributed by atoms with van der Waals surface area (Å²) >= 11 is 0. The normalized spacial score (nSPS) is 10.6. The van der Waals surface area contributed by atoms with E-state index in [9.17, 15) is 8.78 Å². The lowest BCUT2D eigenvalue weighted by Crippen LogP contribution is -1.99. The topological polar surface area (TPSA) is 31.4 Å². The standard InChI is InChI=1S/C20H17F2NO2/c1-13-3-6-19(20(7-13)24-2)25-12-14-8-16(11-23-10-14)15-4-5-17(21)18(22)9-15/h3-11H,12H2,1-2H3. The third-order valence-corrected chi connectivity index (χ3v) is 3.76. The highest BCUT2D eigenvalue weighted by molar-refractivity contribution is 5.63. The quantitative estimate of drug-likeness (QED) is 0.660. The fourth-order valence-corrected chi connectivity index (χ4v) is 2.46. The zero-order chi connectivity index (χ0) is 17.8. The number of pyridine rings is 1. The lowest BCUT2D eigenvalue weighted by Gasteiger charge is -2.12. The molecule has 0 saturated heterocycles. The van der Waals surface area contributed by atoms with Crippen molar-refractivity contribution in [2.75, 3.05) is 7.11 Å². The number of hydrogen-bond donors (Lipinski definition) is 0. The highest BCUT2D eigenvalue weighted by atomic mass is 19.2. The minimum atomic E-state index is -0.886. The Morgan fingerprint density at radius 3 is 2.48 bits per heavy atom. The molecule has 0 aliphatic carbocycles. The maximum atomic E-state index is 13.4. The average molecular weight is 341 g/mol. The van der Waals surface area contributed by atoms with Crippen LogP contribution in [0.5, 0.6) is 11.5 Å². The smallest absolute Gasteiger partial charge is 0.161 e. The number of aromatic nitrogens is 1. The van der Waals surface area contributed by atoms with Crippen molar-refractivity contribution in [3.63, 3.8) is 0 Å². The van der Waals surface area contributed by atoms with Crippen LogP contribution in [-0.4, -0.2) is 12.1 Å². The lowest BCUT2D eigenvalue weighted by atomic mass is 10.1. The van der Waals surface area contributed by atoms with E-state index in [4.69, 9.17) is 9.47 Å². The summed E-state index contributed by atoms with van der Waals surface area (Å²) in [5.74, 6) is -0.470. The molecule has 0 radical (unpaired) electrons. The van der Waals surface area contributed by atoms with Crippen LogP contribution >= 0.6 is 0 Å². The molecule has 0 unspecified atom stereocenters. The Morgan fingerprint density at radius 2 is 1.72 bits per heavy atom. The molecule has 0 atom stereocenters. The van der Waals surface area contributed by atoms with Gasteiger partial charge in [-0.1, -0.05) is 12.1 Å². The zero-order valence-corrected chi connectivity index (χ0v) is 13.9. The second kappa shape index (κ2) is 7.30. The van der Waals surface area contributed by atoms with Crippen molar-refractivity contribution in [3.8, 4) is 22.6 Å². The summed E-state index contributed by atoms with van der Waals surface area (Å²) in [7, 11) is 1.59. The van der Waals surface area contributed by atoms with Gasteiger partial charge in [0.1, 0.15) is 6.61 Å². The SMILES string of the molecule is COc1cc(C)ccc1OCc1cncc(-c2ccc(F)c(F)c2)c1. The van der Waals surface area contributed by atoms with Crippen molar-refractivity contribution in [2.24, 2.45) is 0 Å². The molecule has 0 N–H and O–H groups in total. The Hall–Kier alpha value is -2.95. The number of rotatable bonds is 5. The van der Waals surface area contributed by atoms with E-state index >= 15 is 0 Å². The molecule has 2 aromatic carbocycles. The summed E-state index contributed by atoms with van der Waals surface area (Å²) < 4.78 is 37.6. The van der Waals surface area contributed by atoms with E-state index in [1.165, 1.54) is 6.07 Å². The van der Waals surface area contributed by atoms with Crippen LogP contribution in [0.15, 0.2) is 54.9 Å². The first kappa shape index (κ1) is 16.9. The van der Waals surface area contributed by atoms with E-state index < -0.39 is 11.6 Å².